The van der Waals surface area contributed by atoms with Crippen LogP contribution in [0.2, 0.25) is 0 Å². The zero-order valence-corrected chi connectivity index (χ0v) is 17.6. The van der Waals surface area contributed by atoms with E-state index < -0.39 is 37.7 Å². The van der Waals surface area contributed by atoms with Crippen LogP contribution in [0.4, 0.5) is 0 Å². The number of aromatic nitrogens is 2. The van der Waals surface area contributed by atoms with Crippen LogP contribution in [0.3, 0.4) is 0 Å². The quantitative estimate of drug-likeness (QED) is 0.362. The zero-order valence-electron chi connectivity index (χ0n) is 14.7. The monoisotopic (exact) mass is 354 g/mol. The van der Waals surface area contributed by atoms with Gasteiger partial charge >= 0.3 is 72.4 Å². The van der Waals surface area contributed by atoms with Gasteiger partial charge in [0.1, 0.15) is 6.23 Å². The Morgan fingerprint density at radius 1 is 1.45 bits per heavy atom. The summed E-state index contributed by atoms with van der Waals surface area (Å²) in [4.78, 5) is 42.5. The van der Waals surface area contributed by atoms with Crippen LogP contribution in [-0.2, 0) is 14.0 Å². The maximum atomic E-state index is 11.7. The number of nitrogens with one attached hydrogen (secondary N) is 1. The summed E-state index contributed by atoms with van der Waals surface area (Å²) in [7, 11) is -4.25. The summed E-state index contributed by atoms with van der Waals surface area (Å²) in [6.45, 7) is 1.56. The molecule has 22 heavy (non-hydrogen) atoms. The molecule has 1 aliphatic rings. The van der Waals surface area contributed by atoms with Crippen LogP contribution in [0.15, 0.2) is 15.8 Å². The Morgan fingerprint density at radius 3 is 2.68 bits per heavy atom. The minimum Gasteiger partial charge on any atom is -1.00 e. The molecule has 1 aromatic rings. The van der Waals surface area contributed by atoms with Crippen molar-refractivity contribution in [3.8, 4) is 0 Å². The predicted molar refractivity (Wildman–Crippen MR) is 69.4 cm³/mol. The first-order chi connectivity index (χ1) is 9.26. The maximum absolute atomic E-state index is 11.7. The molecular weight excluding hydrogens is 337 g/mol. The largest absolute Gasteiger partial charge is 1.00 e. The summed E-state index contributed by atoms with van der Waals surface area (Å²) in [5.41, 5.74) is -0.687. The van der Waals surface area contributed by atoms with Gasteiger partial charge in [-0.15, -0.1) is 0 Å². The van der Waals surface area contributed by atoms with E-state index in [0.29, 0.717) is 18.4 Å². The Bertz CT molecular complexity index is 665. The number of H-pyrrole nitrogens is 1. The first-order valence-electron chi connectivity index (χ1n) is 5.90. The van der Waals surface area contributed by atoms with Crippen molar-refractivity contribution < 1.29 is 85.8 Å². The van der Waals surface area contributed by atoms with E-state index in [2.05, 4.69) is 4.98 Å². The average Bonchev–Trinajstić information content (AvgIpc) is 2.79. The zero-order chi connectivity index (χ0) is 14.9. The number of aromatic amines is 1. The number of nitrogens with zero attached hydrogens (tertiary/aromatic N) is 1. The van der Waals surface area contributed by atoms with Crippen LogP contribution < -0.4 is 70.4 Å². The minimum absolute atomic E-state index is 0. The summed E-state index contributed by atoms with van der Waals surface area (Å²) in [5, 5.41) is 0. The summed E-state index contributed by atoms with van der Waals surface area (Å²) in [6.07, 6.45) is 0.0831. The number of hydrogen-bond acceptors (Lipinski definition) is 5. The molecule has 12 heteroatoms. The molecule has 0 aliphatic carbocycles. The molecule has 0 saturated carbocycles. The van der Waals surface area contributed by atoms with Gasteiger partial charge < -0.3 is 22.1 Å². The normalized spacial score (nSPS) is 21.0. The molecule has 0 radical (unpaired) electrons. The molecule has 0 spiro atoms. The Hall–Kier alpha value is 0.750. The van der Waals surface area contributed by atoms with E-state index >= 15 is 0 Å². The van der Waals surface area contributed by atoms with Crippen LogP contribution in [0.25, 0.3) is 0 Å². The van der Waals surface area contributed by atoms with Crippen molar-refractivity contribution in [3.05, 3.63) is 32.6 Å². The Balaban J connectivity index is -0.00000110. The third-order valence-corrected chi connectivity index (χ3v) is 3.33. The third kappa shape index (κ3) is 6.33. The summed E-state index contributed by atoms with van der Waals surface area (Å²) >= 11 is 0. The van der Waals surface area contributed by atoms with Gasteiger partial charge in [0.25, 0.3) is 5.56 Å². The first-order valence-corrected chi connectivity index (χ1v) is 7.70. The molecule has 0 aromatic carbocycles. The molecule has 2 rings (SSSR count). The molecular formula is C10H17N2Na2O7P. The molecule has 9 nitrogen and oxygen atoms in total. The van der Waals surface area contributed by atoms with Crippen molar-refractivity contribution in [2.75, 3.05) is 6.35 Å². The van der Waals surface area contributed by atoms with Crippen molar-refractivity contribution in [1.82, 2.24) is 9.55 Å². The maximum Gasteiger partial charge on any atom is 1.00 e. The second-order valence-electron chi connectivity index (χ2n) is 4.54. The Labute approximate surface area is 173 Å². The van der Waals surface area contributed by atoms with Crippen LogP contribution in [-0.4, -0.2) is 32.0 Å². The van der Waals surface area contributed by atoms with Crippen molar-refractivity contribution in [1.29, 1.82) is 0 Å². The van der Waals surface area contributed by atoms with Crippen LogP contribution >= 0.6 is 7.60 Å². The van der Waals surface area contributed by atoms with Gasteiger partial charge in [0.15, 0.2) is 12.6 Å². The third-order valence-electron chi connectivity index (χ3n) is 2.84. The minimum atomic E-state index is -4.25. The van der Waals surface area contributed by atoms with Gasteiger partial charge in [0, 0.05) is 18.2 Å². The second kappa shape index (κ2) is 9.29. The van der Waals surface area contributed by atoms with E-state index in [4.69, 9.17) is 19.3 Å². The van der Waals surface area contributed by atoms with Gasteiger partial charge in [-0.2, -0.15) is 0 Å². The molecule has 2 atom stereocenters. The van der Waals surface area contributed by atoms with Crippen molar-refractivity contribution in [3.63, 3.8) is 0 Å². The number of aryl methyl sites for hydroxylation is 1. The van der Waals surface area contributed by atoms with Crippen molar-refractivity contribution in [2.24, 2.45) is 0 Å². The standard InChI is InChI=1S/C10H15N2O7P.2Na.2H/c1-6-4-12(10(14)11-9(6)13)7-2-3-8(19-7)18-5-20(15,16)17;;;;/h4,7-8H,2-3,5H2,1H3,(H,11,13,14)(H2,15,16,17);;;;/q;2*+1;2*-1/t7-,8?;;;;/m1..../s1. The molecule has 1 unspecified atom stereocenters. The topological polar surface area (TPSA) is 131 Å². The predicted octanol–water partition coefficient (Wildman–Crippen LogP) is -6.14. The fourth-order valence-corrected chi connectivity index (χ4v) is 2.26. The molecule has 1 fully saturated rings. The van der Waals surface area contributed by atoms with E-state index in [1.807, 2.05) is 0 Å². The molecule has 1 aromatic heterocycles. The van der Waals surface area contributed by atoms with Crippen molar-refractivity contribution in [2.45, 2.75) is 32.3 Å². The molecule has 116 valence electrons. The summed E-state index contributed by atoms with van der Waals surface area (Å²) in [5.74, 6) is 0. The van der Waals surface area contributed by atoms with E-state index in [9.17, 15) is 14.2 Å². The van der Waals surface area contributed by atoms with E-state index in [0.717, 1.165) is 0 Å². The van der Waals surface area contributed by atoms with E-state index in [1.54, 1.807) is 6.92 Å². The van der Waals surface area contributed by atoms with Crippen LogP contribution in [0.5, 0.6) is 0 Å². The smallest absolute Gasteiger partial charge is 1.00 e. The van der Waals surface area contributed by atoms with Gasteiger partial charge in [0.2, 0.25) is 0 Å². The molecule has 2 heterocycles. The van der Waals surface area contributed by atoms with E-state index in [1.165, 1.54) is 10.8 Å². The Kier molecular flexibility index (Phi) is 9.61. The average molecular weight is 354 g/mol. The fourth-order valence-electron chi connectivity index (χ4n) is 1.90. The molecule has 0 amide bonds. The summed E-state index contributed by atoms with van der Waals surface area (Å²) < 4.78 is 22.3. The van der Waals surface area contributed by atoms with Gasteiger partial charge in [-0.05, 0) is 13.3 Å². The van der Waals surface area contributed by atoms with E-state index in [-0.39, 0.29) is 62.0 Å². The first kappa shape index (κ1) is 22.8. The molecule has 1 aliphatic heterocycles. The summed E-state index contributed by atoms with van der Waals surface area (Å²) in [6, 6.07) is 0. The second-order valence-corrected chi connectivity index (χ2v) is 6.12. The number of rotatable bonds is 4. The molecule has 0 bridgehead atoms. The van der Waals surface area contributed by atoms with Gasteiger partial charge in [-0.25, -0.2) is 4.79 Å². The van der Waals surface area contributed by atoms with Crippen LogP contribution in [0.1, 0.15) is 27.5 Å². The molecule has 3 N–H and O–H groups in total. The molecule has 1 saturated heterocycles. The van der Waals surface area contributed by atoms with Gasteiger partial charge in [-0.3, -0.25) is 18.9 Å². The Morgan fingerprint density at radius 2 is 2.09 bits per heavy atom. The number of hydrogen-bond donors (Lipinski definition) is 3. The van der Waals surface area contributed by atoms with Gasteiger partial charge in [0.05, 0.1) is 0 Å². The van der Waals surface area contributed by atoms with Crippen LogP contribution in [0, 0.1) is 6.92 Å². The number of ether oxygens (including phenoxy) is 2. The fraction of sp³-hybridized carbons (Fsp3) is 0.600. The van der Waals surface area contributed by atoms with Gasteiger partial charge in [-0.1, -0.05) is 0 Å². The SMILES string of the molecule is Cc1cn([C@H]2CCC(OCP(=O)(O)O)O2)c(=O)[nH]c1=O.[H-].[H-].[Na+].[Na+]. The van der Waals surface area contributed by atoms with Crippen molar-refractivity contribution >= 4 is 7.60 Å².